The molecular weight excluding hydrogens is 230 g/mol. The SMILES string of the molecule is C=C(C)CCC(C)(Nc1ccc(O)cc1)C(=O)O. The van der Waals surface area contributed by atoms with Crippen LogP contribution in [0.3, 0.4) is 0 Å². The summed E-state index contributed by atoms with van der Waals surface area (Å²) in [4.78, 5) is 11.4. The van der Waals surface area contributed by atoms with Gasteiger partial charge in [-0.3, -0.25) is 0 Å². The molecule has 98 valence electrons. The summed E-state index contributed by atoms with van der Waals surface area (Å²) >= 11 is 0. The van der Waals surface area contributed by atoms with Crippen LogP contribution in [-0.4, -0.2) is 21.7 Å². The third-order valence-corrected chi connectivity index (χ3v) is 2.81. The number of carboxylic acids is 1. The van der Waals surface area contributed by atoms with Crippen molar-refractivity contribution in [2.75, 3.05) is 5.32 Å². The van der Waals surface area contributed by atoms with E-state index < -0.39 is 11.5 Å². The number of carboxylic acid groups (broad SMARTS) is 1. The number of nitrogens with one attached hydrogen (secondary N) is 1. The number of phenolic OH excluding ortho intramolecular Hbond substituents is 1. The number of hydrogen-bond acceptors (Lipinski definition) is 3. The minimum absolute atomic E-state index is 0.152. The number of aromatic hydroxyl groups is 1. The summed E-state index contributed by atoms with van der Waals surface area (Å²) in [5, 5.41) is 21.5. The number of benzene rings is 1. The molecule has 4 nitrogen and oxygen atoms in total. The van der Waals surface area contributed by atoms with E-state index in [9.17, 15) is 15.0 Å². The van der Waals surface area contributed by atoms with Crippen LogP contribution in [0.1, 0.15) is 26.7 Å². The molecule has 0 amide bonds. The highest BCUT2D eigenvalue weighted by Crippen LogP contribution is 2.23. The van der Waals surface area contributed by atoms with Crippen molar-refractivity contribution in [3.63, 3.8) is 0 Å². The molecule has 3 N–H and O–H groups in total. The van der Waals surface area contributed by atoms with Crippen LogP contribution in [0.15, 0.2) is 36.4 Å². The highest BCUT2D eigenvalue weighted by atomic mass is 16.4. The van der Waals surface area contributed by atoms with Crippen LogP contribution < -0.4 is 5.32 Å². The first-order chi connectivity index (χ1) is 8.33. The van der Waals surface area contributed by atoms with E-state index in [2.05, 4.69) is 11.9 Å². The average molecular weight is 249 g/mol. The number of rotatable bonds is 6. The van der Waals surface area contributed by atoms with E-state index in [4.69, 9.17) is 0 Å². The molecule has 0 aliphatic rings. The fraction of sp³-hybridized carbons (Fsp3) is 0.357. The van der Waals surface area contributed by atoms with Crippen molar-refractivity contribution < 1.29 is 15.0 Å². The molecule has 0 spiro atoms. The zero-order valence-electron chi connectivity index (χ0n) is 10.7. The van der Waals surface area contributed by atoms with Gasteiger partial charge in [0, 0.05) is 5.69 Å². The lowest BCUT2D eigenvalue weighted by Gasteiger charge is -2.27. The summed E-state index contributed by atoms with van der Waals surface area (Å²) in [6.07, 6.45) is 1.10. The van der Waals surface area contributed by atoms with Crippen molar-refractivity contribution in [1.82, 2.24) is 0 Å². The molecule has 0 radical (unpaired) electrons. The summed E-state index contributed by atoms with van der Waals surface area (Å²) in [5.74, 6) is -0.753. The van der Waals surface area contributed by atoms with Crippen molar-refractivity contribution in [3.8, 4) is 5.75 Å². The number of hydrogen-bond donors (Lipinski definition) is 3. The molecule has 1 aromatic carbocycles. The molecule has 1 unspecified atom stereocenters. The molecule has 0 aliphatic carbocycles. The van der Waals surface area contributed by atoms with Gasteiger partial charge in [0.05, 0.1) is 0 Å². The first-order valence-electron chi connectivity index (χ1n) is 5.78. The first-order valence-corrected chi connectivity index (χ1v) is 5.78. The summed E-state index contributed by atoms with van der Waals surface area (Å²) < 4.78 is 0. The van der Waals surface area contributed by atoms with Crippen LogP contribution >= 0.6 is 0 Å². The van der Waals surface area contributed by atoms with Crippen molar-refractivity contribution in [2.24, 2.45) is 0 Å². The average Bonchev–Trinajstić information content (AvgIpc) is 2.29. The summed E-state index contributed by atoms with van der Waals surface area (Å²) in [7, 11) is 0. The Balaban J connectivity index is 2.82. The van der Waals surface area contributed by atoms with Gasteiger partial charge in [-0.15, -0.1) is 6.58 Å². The third-order valence-electron chi connectivity index (χ3n) is 2.81. The molecule has 0 saturated carbocycles. The number of anilines is 1. The highest BCUT2D eigenvalue weighted by Gasteiger charge is 2.32. The van der Waals surface area contributed by atoms with Crippen molar-refractivity contribution in [1.29, 1.82) is 0 Å². The monoisotopic (exact) mass is 249 g/mol. The lowest BCUT2D eigenvalue weighted by molar-refractivity contribution is -0.141. The van der Waals surface area contributed by atoms with E-state index in [-0.39, 0.29) is 5.75 Å². The zero-order valence-corrected chi connectivity index (χ0v) is 10.7. The van der Waals surface area contributed by atoms with Gasteiger partial charge in [0.1, 0.15) is 11.3 Å². The number of phenols is 1. The predicted octanol–water partition coefficient (Wildman–Crippen LogP) is 3.00. The molecular formula is C14H19NO3. The lowest BCUT2D eigenvalue weighted by Crippen LogP contribution is -2.43. The van der Waals surface area contributed by atoms with Crippen molar-refractivity contribution in [3.05, 3.63) is 36.4 Å². The Morgan fingerprint density at radius 2 is 1.94 bits per heavy atom. The molecule has 1 aromatic rings. The molecule has 4 heteroatoms. The van der Waals surface area contributed by atoms with Crippen LogP contribution in [0.2, 0.25) is 0 Å². The van der Waals surface area contributed by atoms with E-state index in [0.29, 0.717) is 18.5 Å². The van der Waals surface area contributed by atoms with Gasteiger partial charge in [0.2, 0.25) is 0 Å². The quantitative estimate of drug-likeness (QED) is 0.535. The summed E-state index contributed by atoms with van der Waals surface area (Å²) in [5.41, 5.74) is 0.574. The topological polar surface area (TPSA) is 69.6 Å². The van der Waals surface area contributed by atoms with E-state index in [1.165, 1.54) is 12.1 Å². The largest absolute Gasteiger partial charge is 0.508 e. The Morgan fingerprint density at radius 1 is 1.39 bits per heavy atom. The molecule has 0 heterocycles. The minimum Gasteiger partial charge on any atom is -0.508 e. The van der Waals surface area contributed by atoms with Gasteiger partial charge in [-0.2, -0.15) is 0 Å². The van der Waals surface area contributed by atoms with Crippen LogP contribution in [0.5, 0.6) is 5.75 Å². The van der Waals surface area contributed by atoms with Crippen LogP contribution in [0, 0.1) is 0 Å². The third kappa shape index (κ3) is 3.80. The zero-order chi connectivity index (χ0) is 13.8. The smallest absolute Gasteiger partial charge is 0.329 e. The molecule has 18 heavy (non-hydrogen) atoms. The Labute approximate surface area is 107 Å². The Kier molecular flexibility index (Phi) is 4.37. The van der Waals surface area contributed by atoms with Gasteiger partial charge in [-0.05, 0) is 51.0 Å². The predicted molar refractivity (Wildman–Crippen MR) is 71.8 cm³/mol. The van der Waals surface area contributed by atoms with Crippen molar-refractivity contribution >= 4 is 11.7 Å². The number of aliphatic carboxylic acids is 1. The minimum atomic E-state index is -1.05. The fourth-order valence-corrected chi connectivity index (χ4v) is 1.55. The second kappa shape index (κ2) is 5.58. The van der Waals surface area contributed by atoms with Crippen LogP contribution in [-0.2, 0) is 4.79 Å². The lowest BCUT2D eigenvalue weighted by atomic mass is 9.93. The molecule has 0 aliphatic heterocycles. The number of carbonyl (C=O) groups is 1. The molecule has 1 atom stereocenters. The maximum Gasteiger partial charge on any atom is 0.329 e. The summed E-state index contributed by atoms with van der Waals surface area (Å²) in [6.45, 7) is 7.30. The second-order valence-corrected chi connectivity index (χ2v) is 4.77. The molecule has 0 fully saturated rings. The molecule has 0 saturated heterocycles. The molecule has 0 aromatic heterocycles. The van der Waals surface area contributed by atoms with Gasteiger partial charge in [0.15, 0.2) is 0 Å². The van der Waals surface area contributed by atoms with Crippen molar-refractivity contribution in [2.45, 2.75) is 32.2 Å². The van der Waals surface area contributed by atoms with Gasteiger partial charge in [-0.1, -0.05) is 5.57 Å². The van der Waals surface area contributed by atoms with Gasteiger partial charge >= 0.3 is 5.97 Å². The second-order valence-electron chi connectivity index (χ2n) is 4.77. The van der Waals surface area contributed by atoms with E-state index in [1.54, 1.807) is 19.1 Å². The first kappa shape index (κ1) is 14.1. The van der Waals surface area contributed by atoms with Crippen LogP contribution in [0.25, 0.3) is 0 Å². The normalized spacial score (nSPS) is 13.7. The standard InChI is InChI=1S/C14H19NO3/c1-10(2)8-9-14(3,13(17)18)15-11-4-6-12(16)7-5-11/h4-7,15-16H,1,8-9H2,2-3H3,(H,17,18). The van der Waals surface area contributed by atoms with Gasteiger partial charge in [-0.25, -0.2) is 4.79 Å². The highest BCUT2D eigenvalue weighted by molar-refractivity contribution is 5.82. The molecule has 1 rings (SSSR count). The maximum absolute atomic E-state index is 11.4. The van der Waals surface area contributed by atoms with Gasteiger partial charge < -0.3 is 15.5 Å². The van der Waals surface area contributed by atoms with E-state index in [1.807, 2.05) is 6.92 Å². The maximum atomic E-state index is 11.4. The van der Waals surface area contributed by atoms with E-state index >= 15 is 0 Å². The van der Waals surface area contributed by atoms with Crippen LogP contribution in [0.4, 0.5) is 5.69 Å². The Morgan fingerprint density at radius 3 is 2.39 bits per heavy atom. The van der Waals surface area contributed by atoms with Gasteiger partial charge in [0.25, 0.3) is 0 Å². The van der Waals surface area contributed by atoms with E-state index in [0.717, 1.165) is 5.57 Å². The molecule has 0 bridgehead atoms. The fourth-order valence-electron chi connectivity index (χ4n) is 1.55. The number of allylic oxidation sites excluding steroid dienone is 1. The summed E-state index contributed by atoms with van der Waals surface area (Å²) in [6, 6.07) is 6.33. The Bertz CT molecular complexity index is 439. The Hall–Kier alpha value is -1.97.